The fourth-order valence-corrected chi connectivity index (χ4v) is 2.45. The highest BCUT2D eigenvalue weighted by molar-refractivity contribution is 6.31. The third-order valence-corrected chi connectivity index (χ3v) is 3.33. The Morgan fingerprint density at radius 2 is 2.11 bits per heavy atom. The predicted octanol–water partition coefficient (Wildman–Crippen LogP) is 3.33. The fourth-order valence-electron chi connectivity index (χ4n) is 2.20. The second kappa shape index (κ2) is 6.02. The Kier molecular flexibility index (Phi) is 4.37. The molecule has 19 heavy (non-hydrogen) atoms. The molecule has 0 bridgehead atoms. The van der Waals surface area contributed by atoms with Crippen LogP contribution in [0.1, 0.15) is 39.2 Å². The average Bonchev–Trinajstić information content (AvgIpc) is 2.83. The van der Waals surface area contributed by atoms with Crippen LogP contribution in [0.25, 0.3) is 11.4 Å². The van der Waals surface area contributed by atoms with Crippen molar-refractivity contribution in [1.29, 1.82) is 0 Å². The number of aromatic nitrogens is 4. The van der Waals surface area contributed by atoms with Crippen LogP contribution in [0, 0.1) is 0 Å². The Morgan fingerprint density at radius 1 is 1.32 bits per heavy atom. The van der Waals surface area contributed by atoms with Crippen LogP contribution in [0.15, 0.2) is 18.2 Å². The smallest absolute Gasteiger partial charge is 0.182 e. The van der Waals surface area contributed by atoms with Crippen molar-refractivity contribution in [2.24, 2.45) is 0 Å². The lowest BCUT2D eigenvalue weighted by Gasteiger charge is -2.15. The van der Waals surface area contributed by atoms with E-state index >= 15 is 0 Å². The molecular formula is C13H18ClN5. The number of anilines is 1. The number of nitrogen functional groups attached to an aromatic ring is 1. The molecule has 0 saturated carbocycles. The second-order valence-corrected chi connectivity index (χ2v) is 5.01. The summed E-state index contributed by atoms with van der Waals surface area (Å²) in [6.45, 7) is 4.29. The Balaban J connectivity index is 2.43. The van der Waals surface area contributed by atoms with Crippen molar-refractivity contribution in [2.75, 3.05) is 5.73 Å². The van der Waals surface area contributed by atoms with Crippen LogP contribution in [0.3, 0.4) is 0 Å². The van der Waals surface area contributed by atoms with Crippen molar-refractivity contribution in [3.63, 3.8) is 0 Å². The first-order chi connectivity index (χ1) is 9.15. The van der Waals surface area contributed by atoms with Gasteiger partial charge in [0.25, 0.3) is 0 Å². The van der Waals surface area contributed by atoms with E-state index in [9.17, 15) is 0 Å². The van der Waals surface area contributed by atoms with Gasteiger partial charge in [-0.15, -0.1) is 5.10 Å². The molecule has 1 aromatic carbocycles. The highest BCUT2D eigenvalue weighted by atomic mass is 35.5. The van der Waals surface area contributed by atoms with Gasteiger partial charge in [-0.1, -0.05) is 31.9 Å². The van der Waals surface area contributed by atoms with Gasteiger partial charge in [0, 0.05) is 16.3 Å². The largest absolute Gasteiger partial charge is 0.399 e. The summed E-state index contributed by atoms with van der Waals surface area (Å²) in [5.41, 5.74) is 7.28. The Morgan fingerprint density at radius 3 is 2.74 bits per heavy atom. The lowest BCUT2D eigenvalue weighted by molar-refractivity contribution is 0.404. The van der Waals surface area contributed by atoms with E-state index in [4.69, 9.17) is 17.3 Å². The molecule has 0 radical (unpaired) electrons. The van der Waals surface area contributed by atoms with Crippen molar-refractivity contribution < 1.29 is 0 Å². The molecule has 1 aromatic heterocycles. The van der Waals surface area contributed by atoms with Gasteiger partial charge in [0.2, 0.25) is 0 Å². The van der Waals surface area contributed by atoms with E-state index < -0.39 is 0 Å². The lowest BCUT2D eigenvalue weighted by atomic mass is 10.1. The van der Waals surface area contributed by atoms with Gasteiger partial charge in [0.05, 0.1) is 6.04 Å². The molecule has 6 heteroatoms. The number of benzene rings is 1. The van der Waals surface area contributed by atoms with Crippen molar-refractivity contribution in [2.45, 2.75) is 39.2 Å². The monoisotopic (exact) mass is 279 g/mol. The van der Waals surface area contributed by atoms with Gasteiger partial charge in [-0.25, -0.2) is 4.68 Å². The first-order valence-corrected chi connectivity index (χ1v) is 6.87. The Labute approximate surface area is 117 Å². The van der Waals surface area contributed by atoms with Gasteiger partial charge < -0.3 is 5.73 Å². The first-order valence-electron chi connectivity index (χ1n) is 6.50. The summed E-state index contributed by atoms with van der Waals surface area (Å²) in [6.07, 6.45) is 3.13. The topological polar surface area (TPSA) is 69.6 Å². The summed E-state index contributed by atoms with van der Waals surface area (Å²) >= 11 is 6.04. The number of halogens is 1. The molecule has 0 spiro atoms. The van der Waals surface area contributed by atoms with Crippen LogP contribution < -0.4 is 5.73 Å². The summed E-state index contributed by atoms with van der Waals surface area (Å²) in [7, 11) is 0. The molecule has 5 nitrogen and oxygen atoms in total. The van der Waals surface area contributed by atoms with E-state index in [1.165, 1.54) is 0 Å². The minimum Gasteiger partial charge on any atom is -0.399 e. The average molecular weight is 280 g/mol. The maximum absolute atomic E-state index is 6.04. The van der Waals surface area contributed by atoms with Crippen molar-refractivity contribution >= 4 is 17.3 Å². The molecule has 1 atom stereocenters. The standard InChI is InChI=1S/C13H18ClN5/c1-3-5-12(4-2)19-13(16-17-18-19)9-6-10(14)8-11(15)7-9/h6-8,12H,3-5,15H2,1-2H3. The number of nitrogens with zero attached hydrogens (tertiary/aromatic N) is 4. The van der Waals surface area contributed by atoms with Crippen molar-refractivity contribution in [3.05, 3.63) is 23.2 Å². The molecule has 0 amide bonds. The zero-order valence-corrected chi connectivity index (χ0v) is 11.9. The molecule has 0 fully saturated rings. The number of rotatable bonds is 5. The molecule has 2 N–H and O–H groups in total. The van der Waals surface area contributed by atoms with Crippen molar-refractivity contribution in [3.8, 4) is 11.4 Å². The highest BCUT2D eigenvalue weighted by Crippen LogP contribution is 2.27. The van der Waals surface area contributed by atoms with Gasteiger partial charge in [-0.2, -0.15) is 0 Å². The van der Waals surface area contributed by atoms with Gasteiger partial charge >= 0.3 is 0 Å². The van der Waals surface area contributed by atoms with Crippen molar-refractivity contribution in [1.82, 2.24) is 20.2 Å². The van der Waals surface area contributed by atoms with E-state index in [0.29, 0.717) is 16.8 Å². The lowest BCUT2D eigenvalue weighted by Crippen LogP contribution is -2.11. The molecule has 0 aliphatic carbocycles. The van der Waals surface area contributed by atoms with Crippen LogP contribution in [0.4, 0.5) is 5.69 Å². The minimum atomic E-state index is 0.301. The fraction of sp³-hybridized carbons (Fsp3) is 0.462. The molecular weight excluding hydrogens is 262 g/mol. The van der Waals surface area contributed by atoms with Gasteiger partial charge in [0.15, 0.2) is 5.82 Å². The normalized spacial score (nSPS) is 12.6. The van der Waals surface area contributed by atoms with Gasteiger partial charge in [-0.3, -0.25) is 0 Å². The molecule has 0 aliphatic rings. The first kappa shape index (κ1) is 13.8. The minimum absolute atomic E-state index is 0.301. The summed E-state index contributed by atoms with van der Waals surface area (Å²) in [6, 6.07) is 5.68. The Hall–Kier alpha value is -1.62. The highest BCUT2D eigenvalue weighted by Gasteiger charge is 2.16. The zero-order chi connectivity index (χ0) is 13.8. The maximum Gasteiger partial charge on any atom is 0.182 e. The van der Waals surface area contributed by atoms with E-state index in [-0.39, 0.29) is 0 Å². The SMILES string of the molecule is CCCC(CC)n1nnnc1-c1cc(N)cc(Cl)c1. The van der Waals surface area contributed by atoms with Crippen LogP contribution in [0.2, 0.25) is 5.02 Å². The van der Waals surface area contributed by atoms with E-state index in [0.717, 1.165) is 30.7 Å². The third-order valence-electron chi connectivity index (χ3n) is 3.11. The zero-order valence-electron chi connectivity index (χ0n) is 11.2. The molecule has 2 aromatic rings. The number of hydrogen-bond donors (Lipinski definition) is 1. The van der Waals surface area contributed by atoms with Crippen LogP contribution in [-0.4, -0.2) is 20.2 Å². The van der Waals surface area contributed by atoms with E-state index in [2.05, 4.69) is 29.4 Å². The van der Waals surface area contributed by atoms with Gasteiger partial charge in [0.1, 0.15) is 0 Å². The summed E-state index contributed by atoms with van der Waals surface area (Å²) in [5, 5.41) is 12.6. The summed E-state index contributed by atoms with van der Waals surface area (Å²) in [5.74, 6) is 0.717. The molecule has 0 aliphatic heterocycles. The Bertz CT molecular complexity index is 531. The second-order valence-electron chi connectivity index (χ2n) is 4.57. The van der Waals surface area contributed by atoms with E-state index in [1.807, 2.05) is 16.8 Å². The summed E-state index contributed by atoms with van der Waals surface area (Å²) < 4.78 is 1.87. The van der Waals surface area contributed by atoms with E-state index in [1.54, 1.807) is 6.07 Å². The molecule has 1 heterocycles. The molecule has 102 valence electrons. The quantitative estimate of drug-likeness (QED) is 0.852. The molecule has 1 unspecified atom stereocenters. The maximum atomic E-state index is 6.04. The predicted molar refractivity (Wildman–Crippen MR) is 76.9 cm³/mol. The molecule has 2 rings (SSSR count). The number of tetrazole rings is 1. The molecule has 0 saturated heterocycles. The third kappa shape index (κ3) is 3.04. The number of nitrogens with two attached hydrogens (primary N) is 1. The van der Waals surface area contributed by atoms with Crippen LogP contribution in [0.5, 0.6) is 0 Å². The summed E-state index contributed by atoms with van der Waals surface area (Å²) in [4.78, 5) is 0. The number of hydrogen-bond acceptors (Lipinski definition) is 4. The van der Waals surface area contributed by atoms with Gasteiger partial charge in [-0.05, 0) is 41.5 Å². The van der Waals surface area contributed by atoms with Crippen LogP contribution >= 0.6 is 11.6 Å². The van der Waals surface area contributed by atoms with Crippen LogP contribution in [-0.2, 0) is 0 Å².